The first-order valence-electron chi connectivity index (χ1n) is 7.16. The van der Waals surface area contributed by atoms with Crippen molar-refractivity contribution in [3.05, 3.63) is 44.6 Å². The van der Waals surface area contributed by atoms with E-state index in [0.717, 1.165) is 12.1 Å². The second-order valence-electron chi connectivity index (χ2n) is 5.45. The Morgan fingerprint density at radius 2 is 1.96 bits per heavy atom. The molecule has 0 saturated heterocycles. The summed E-state index contributed by atoms with van der Waals surface area (Å²) in [5.74, 6) is -1.11. The maximum Gasteiger partial charge on any atom is 0.426 e. The van der Waals surface area contributed by atoms with Crippen LogP contribution < -0.4 is 4.73 Å². The Labute approximate surface area is 150 Å². The first-order valence-corrected chi connectivity index (χ1v) is 7.54. The third-order valence-corrected chi connectivity index (χ3v) is 4.33. The quantitative estimate of drug-likeness (QED) is 0.272. The molecule has 0 bridgehead atoms. The van der Waals surface area contributed by atoms with Gasteiger partial charge in [-0.1, -0.05) is 16.8 Å². The highest BCUT2D eigenvalue weighted by atomic mass is 35.5. The third kappa shape index (κ3) is 2.75. The van der Waals surface area contributed by atoms with E-state index in [1.54, 1.807) is 6.92 Å². The number of pyridine rings is 1. The fourth-order valence-corrected chi connectivity index (χ4v) is 2.62. The standard InChI is InChI=1S/C15H11ClN4O6/c1-6-11(15(22)19(23)7(2)12(6)16)13-17-14(26-18-13)8-3-9(20(24)25)5-10(21)4-8/h3-5,21,23H,1-2H3/p+1. The van der Waals surface area contributed by atoms with Crippen LogP contribution in [0.15, 0.2) is 22.7 Å². The van der Waals surface area contributed by atoms with Gasteiger partial charge in [-0.3, -0.25) is 15.3 Å². The fourth-order valence-electron chi connectivity index (χ4n) is 2.44. The Balaban J connectivity index is 2.15. The number of hydrogen-bond donors (Lipinski definition) is 3. The summed E-state index contributed by atoms with van der Waals surface area (Å²) in [4.78, 5) is 14.3. The number of aromatic hydroxyl groups is 2. The van der Waals surface area contributed by atoms with Crippen molar-refractivity contribution in [1.29, 1.82) is 0 Å². The van der Waals surface area contributed by atoms with Crippen molar-refractivity contribution in [1.82, 2.24) is 10.1 Å². The zero-order valence-corrected chi connectivity index (χ0v) is 14.2. The van der Waals surface area contributed by atoms with Gasteiger partial charge in [0.05, 0.1) is 21.3 Å². The van der Waals surface area contributed by atoms with Gasteiger partial charge in [-0.2, -0.15) is 4.98 Å². The molecule has 0 saturated carbocycles. The first-order chi connectivity index (χ1) is 12.2. The molecule has 134 valence electrons. The average molecular weight is 380 g/mol. The molecule has 2 heterocycles. The van der Waals surface area contributed by atoms with Gasteiger partial charge < -0.3 is 14.7 Å². The highest BCUT2D eigenvalue weighted by Crippen LogP contribution is 2.35. The summed E-state index contributed by atoms with van der Waals surface area (Å²) >= 11 is 6.12. The lowest BCUT2D eigenvalue weighted by Gasteiger charge is -2.04. The van der Waals surface area contributed by atoms with Crippen LogP contribution in [0.3, 0.4) is 0 Å². The molecule has 0 amide bonds. The Kier molecular flexibility index (Phi) is 4.12. The monoisotopic (exact) mass is 379 g/mol. The molecule has 26 heavy (non-hydrogen) atoms. The first kappa shape index (κ1) is 17.4. The molecule has 0 aliphatic carbocycles. The second-order valence-corrected chi connectivity index (χ2v) is 5.83. The number of nitrogens with zero attached hydrogens (tertiary/aromatic N) is 4. The number of halogens is 1. The van der Waals surface area contributed by atoms with Gasteiger partial charge in [0.25, 0.3) is 17.3 Å². The molecule has 0 fully saturated rings. The lowest BCUT2D eigenvalue weighted by atomic mass is 10.1. The maximum atomic E-state index is 10.9. The Bertz CT molecular complexity index is 1020. The lowest BCUT2D eigenvalue weighted by molar-refractivity contribution is -0.910. The van der Waals surface area contributed by atoms with Crippen LogP contribution in [0.2, 0.25) is 5.02 Å². The number of phenols is 1. The minimum absolute atomic E-state index is 0.0350. The summed E-state index contributed by atoms with van der Waals surface area (Å²) in [5.41, 5.74) is 0.416. The summed E-state index contributed by atoms with van der Waals surface area (Å²) in [6.45, 7) is 3.10. The number of aromatic nitrogens is 3. The number of rotatable bonds is 3. The van der Waals surface area contributed by atoms with Gasteiger partial charge in [0.15, 0.2) is 0 Å². The van der Waals surface area contributed by atoms with Crippen LogP contribution >= 0.6 is 11.6 Å². The van der Waals surface area contributed by atoms with Crippen molar-refractivity contribution >= 4 is 17.3 Å². The molecular weight excluding hydrogens is 368 g/mol. The summed E-state index contributed by atoms with van der Waals surface area (Å²) in [6, 6.07) is 3.34. The molecule has 11 heteroatoms. The summed E-state index contributed by atoms with van der Waals surface area (Å²) in [7, 11) is 0. The SMILES string of the molecule is Cc1c(Cl)c(C)[n+](O)c(O)c1-c1noc(-c2cc(O)cc([N+](=O)[O-])c2)n1. The van der Waals surface area contributed by atoms with Crippen molar-refractivity contribution in [3.63, 3.8) is 0 Å². The highest BCUT2D eigenvalue weighted by molar-refractivity contribution is 6.32. The Morgan fingerprint density at radius 1 is 1.27 bits per heavy atom. The molecule has 0 atom stereocenters. The molecule has 2 aromatic heterocycles. The van der Waals surface area contributed by atoms with Crippen molar-refractivity contribution in [2.75, 3.05) is 0 Å². The maximum absolute atomic E-state index is 10.9. The van der Waals surface area contributed by atoms with E-state index < -0.39 is 10.8 Å². The largest absolute Gasteiger partial charge is 0.508 e. The van der Waals surface area contributed by atoms with E-state index in [1.807, 2.05) is 0 Å². The number of benzene rings is 1. The van der Waals surface area contributed by atoms with E-state index in [0.29, 0.717) is 10.3 Å². The summed E-state index contributed by atoms with van der Waals surface area (Å²) in [5, 5.41) is 44.5. The van der Waals surface area contributed by atoms with Crippen molar-refractivity contribution in [2.45, 2.75) is 13.8 Å². The molecule has 0 spiro atoms. The van der Waals surface area contributed by atoms with Crippen molar-refractivity contribution in [2.24, 2.45) is 0 Å². The van der Waals surface area contributed by atoms with Crippen LogP contribution in [0.4, 0.5) is 5.69 Å². The van der Waals surface area contributed by atoms with Crippen LogP contribution in [-0.2, 0) is 0 Å². The smallest absolute Gasteiger partial charge is 0.426 e. The number of phenolic OH excluding ortho intramolecular Hbond substituents is 1. The molecule has 3 rings (SSSR count). The molecule has 10 nitrogen and oxygen atoms in total. The van der Waals surface area contributed by atoms with Gasteiger partial charge in [-0.25, -0.2) is 0 Å². The molecule has 3 N–H and O–H groups in total. The zero-order chi connectivity index (χ0) is 19.2. The van der Waals surface area contributed by atoms with Crippen molar-refractivity contribution < 1.29 is 29.6 Å². The zero-order valence-electron chi connectivity index (χ0n) is 13.5. The van der Waals surface area contributed by atoms with Gasteiger partial charge in [-0.05, 0) is 18.6 Å². The van der Waals surface area contributed by atoms with Crippen LogP contribution in [0.5, 0.6) is 11.6 Å². The van der Waals surface area contributed by atoms with Gasteiger partial charge in [0.1, 0.15) is 16.3 Å². The minimum Gasteiger partial charge on any atom is -0.508 e. The second kappa shape index (κ2) is 6.15. The van der Waals surface area contributed by atoms with E-state index in [2.05, 4.69) is 10.1 Å². The lowest BCUT2D eigenvalue weighted by Crippen LogP contribution is -2.35. The molecule has 0 radical (unpaired) electrons. The van der Waals surface area contributed by atoms with Crippen LogP contribution in [0, 0.1) is 24.0 Å². The van der Waals surface area contributed by atoms with Gasteiger partial charge >= 0.3 is 5.88 Å². The van der Waals surface area contributed by atoms with Gasteiger partial charge in [0.2, 0.25) is 5.82 Å². The topological polar surface area (TPSA) is 147 Å². The molecule has 0 aliphatic heterocycles. The molecular formula is C15H12ClN4O6+. The van der Waals surface area contributed by atoms with E-state index >= 15 is 0 Å². The van der Waals surface area contributed by atoms with Crippen LogP contribution in [0.1, 0.15) is 11.3 Å². The van der Waals surface area contributed by atoms with E-state index in [1.165, 1.54) is 13.0 Å². The predicted molar refractivity (Wildman–Crippen MR) is 87.0 cm³/mol. The van der Waals surface area contributed by atoms with Gasteiger partial charge in [-0.15, -0.1) is 0 Å². The number of nitro groups is 1. The minimum atomic E-state index is -0.676. The van der Waals surface area contributed by atoms with E-state index in [4.69, 9.17) is 16.1 Å². The van der Waals surface area contributed by atoms with Gasteiger partial charge in [0, 0.05) is 13.0 Å². The molecule has 3 aromatic rings. The third-order valence-electron chi connectivity index (χ3n) is 3.77. The Morgan fingerprint density at radius 3 is 2.62 bits per heavy atom. The molecule has 1 aromatic carbocycles. The predicted octanol–water partition coefficient (Wildman–Crippen LogP) is 2.52. The van der Waals surface area contributed by atoms with E-state index in [9.17, 15) is 25.5 Å². The number of hydrogen-bond acceptors (Lipinski definition) is 8. The Hall–Kier alpha value is -3.40. The van der Waals surface area contributed by atoms with Crippen molar-refractivity contribution in [3.8, 4) is 34.5 Å². The molecule has 0 aliphatic rings. The number of non-ortho nitro benzene ring substituents is 1. The summed E-state index contributed by atoms with van der Waals surface area (Å²) in [6.07, 6.45) is 0. The average Bonchev–Trinajstić information content (AvgIpc) is 3.07. The normalized spacial score (nSPS) is 10.9. The summed E-state index contributed by atoms with van der Waals surface area (Å²) < 4.78 is 5.56. The number of nitro benzene ring substituents is 1. The highest BCUT2D eigenvalue weighted by Gasteiger charge is 2.30. The fraction of sp³-hybridized carbons (Fsp3) is 0.133. The molecule has 0 unspecified atom stereocenters. The van der Waals surface area contributed by atoms with Crippen LogP contribution in [-0.4, -0.2) is 30.5 Å². The van der Waals surface area contributed by atoms with Crippen LogP contribution in [0.25, 0.3) is 22.8 Å². The van der Waals surface area contributed by atoms with E-state index in [-0.39, 0.29) is 45.0 Å².